The topological polar surface area (TPSA) is 89.8 Å². The number of hydrogen-bond donors (Lipinski definition) is 4. The Morgan fingerprint density at radius 3 is 1.07 bits per heavy atom. The number of carbonyl (C=O) groups is 1. The Morgan fingerprint density at radius 2 is 0.729 bits per heavy atom. The van der Waals surface area contributed by atoms with Crippen LogP contribution in [0.25, 0.3) is 0 Å². The fraction of sp³-hybridized carbons (Fsp3) is 0.870. The molecule has 0 aliphatic rings. The van der Waals surface area contributed by atoms with Crippen molar-refractivity contribution in [1.29, 1.82) is 0 Å². The lowest BCUT2D eigenvalue weighted by atomic mass is 10.0. The second-order valence-electron chi connectivity index (χ2n) is 18.1. The molecule has 0 radical (unpaired) electrons. The minimum absolute atomic E-state index is 0.362. The van der Waals surface area contributed by atoms with Gasteiger partial charge >= 0.3 is 0 Å². The molecule has 0 bridgehead atoms. The van der Waals surface area contributed by atoms with Crippen molar-refractivity contribution in [3.8, 4) is 0 Å². The van der Waals surface area contributed by atoms with Gasteiger partial charge in [0.2, 0.25) is 5.91 Å². The third-order valence-electron chi connectivity index (χ3n) is 12.2. The number of amides is 1. The van der Waals surface area contributed by atoms with E-state index < -0.39 is 24.2 Å². The van der Waals surface area contributed by atoms with Crippen LogP contribution in [0.15, 0.2) is 36.5 Å². The highest BCUT2D eigenvalue weighted by molar-refractivity contribution is 5.80. The molecule has 0 aromatic carbocycles. The van der Waals surface area contributed by atoms with E-state index in [9.17, 15) is 20.1 Å². The number of nitrogens with one attached hydrogen (secondary N) is 1. The van der Waals surface area contributed by atoms with Crippen LogP contribution in [-0.2, 0) is 4.79 Å². The Balaban J connectivity index is 3.50. The second kappa shape index (κ2) is 49.2. The molecule has 4 N–H and O–H groups in total. The Bertz CT molecular complexity index is 916. The number of unbranched alkanes of at least 4 members (excludes halogenated alkanes) is 36. The molecule has 0 saturated carbocycles. The molecule has 0 rings (SSSR count). The zero-order valence-corrected chi connectivity index (χ0v) is 39.6. The largest absolute Gasteiger partial charge is 0.394 e. The quantitative estimate of drug-likeness (QED) is 0.0363. The molecular formula is C54H103NO4. The first-order chi connectivity index (χ1) is 29.1. The van der Waals surface area contributed by atoms with E-state index in [4.69, 9.17) is 0 Å². The Kier molecular flexibility index (Phi) is 48.0. The van der Waals surface area contributed by atoms with Crippen LogP contribution in [0.2, 0.25) is 0 Å². The van der Waals surface area contributed by atoms with E-state index >= 15 is 0 Å². The summed E-state index contributed by atoms with van der Waals surface area (Å²) in [5.74, 6) is -0.502. The second-order valence-corrected chi connectivity index (χ2v) is 18.1. The number of aliphatic hydroxyl groups excluding tert-OH is 3. The SMILES string of the molecule is CCCCCCCCCCC/C=C/C(O)C(CO)NC(=O)C(O)CCCCCCCCCCCCCCCCCC/C=C\C/C=C\CCCCCCCCCCCCC. The van der Waals surface area contributed by atoms with E-state index in [0.717, 1.165) is 38.5 Å². The van der Waals surface area contributed by atoms with Crippen LogP contribution in [0.4, 0.5) is 0 Å². The first kappa shape index (κ1) is 57.6. The van der Waals surface area contributed by atoms with Gasteiger partial charge in [-0.25, -0.2) is 0 Å². The van der Waals surface area contributed by atoms with Crippen LogP contribution in [0.5, 0.6) is 0 Å². The minimum Gasteiger partial charge on any atom is -0.394 e. The molecular weight excluding hydrogens is 727 g/mol. The van der Waals surface area contributed by atoms with Crippen molar-refractivity contribution in [2.45, 2.75) is 295 Å². The van der Waals surface area contributed by atoms with Crippen molar-refractivity contribution in [2.75, 3.05) is 6.61 Å². The summed E-state index contributed by atoms with van der Waals surface area (Å²) >= 11 is 0. The smallest absolute Gasteiger partial charge is 0.249 e. The van der Waals surface area contributed by atoms with Gasteiger partial charge in [0.05, 0.1) is 18.8 Å². The van der Waals surface area contributed by atoms with Gasteiger partial charge < -0.3 is 20.6 Å². The Hall–Kier alpha value is -1.43. The standard InChI is InChI=1S/C54H103NO4/c1-3-5-7-9-11-13-15-16-17-18-19-20-21-22-23-24-25-26-27-28-29-30-31-32-33-34-35-36-37-39-41-43-45-47-49-53(58)54(59)55-51(50-56)52(57)48-46-44-42-40-38-14-12-10-8-6-4-2/h21-22,24-25,46,48,51-53,56-58H,3-20,23,26-45,47,49-50H2,1-2H3,(H,55,59)/b22-21-,25-24-,48-46+. The van der Waals surface area contributed by atoms with E-state index in [1.807, 2.05) is 6.08 Å². The summed E-state index contributed by atoms with van der Waals surface area (Å²) in [7, 11) is 0. The zero-order chi connectivity index (χ0) is 43.0. The predicted octanol–water partition coefficient (Wildman–Crippen LogP) is 15.9. The molecule has 1 amide bonds. The predicted molar refractivity (Wildman–Crippen MR) is 259 cm³/mol. The lowest BCUT2D eigenvalue weighted by Gasteiger charge is -2.21. The van der Waals surface area contributed by atoms with Crippen LogP contribution in [-0.4, -0.2) is 46.1 Å². The van der Waals surface area contributed by atoms with Crippen molar-refractivity contribution >= 4 is 5.91 Å². The molecule has 0 aromatic rings. The third kappa shape index (κ3) is 44.4. The van der Waals surface area contributed by atoms with E-state index in [-0.39, 0.29) is 6.61 Å². The first-order valence-electron chi connectivity index (χ1n) is 26.3. The highest BCUT2D eigenvalue weighted by Crippen LogP contribution is 2.16. The lowest BCUT2D eigenvalue weighted by Crippen LogP contribution is -2.48. The molecule has 348 valence electrons. The zero-order valence-electron chi connectivity index (χ0n) is 39.6. The fourth-order valence-corrected chi connectivity index (χ4v) is 8.10. The van der Waals surface area contributed by atoms with Gasteiger partial charge in [-0.15, -0.1) is 0 Å². The summed E-state index contributed by atoms with van der Waals surface area (Å²) in [6.07, 6.45) is 63.7. The number of rotatable bonds is 48. The molecule has 0 aromatic heterocycles. The molecule has 5 nitrogen and oxygen atoms in total. The van der Waals surface area contributed by atoms with E-state index in [2.05, 4.69) is 43.5 Å². The average molecular weight is 830 g/mol. The van der Waals surface area contributed by atoms with Crippen molar-refractivity contribution in [3.63, 3.8) is 0 Å². The van der Waals surface area contributed by atoms with Crippen molar-refractivity contribution < 1.29 is 20.1 Å². The summed E-state index contributed by atoms with van der Waals surface area (Å²) < 4.78 is 0. The highest BCUT2D eigenvalue weighted by atomic mass is 16.3. The summed E-state index contributed by atoms with van der Waals surface area (Å²) in [5.41, 5.74) is 0. The normalized spacial score (nSPS) is 13.6. The van der Waals surface area contributed by atoms with Gasteiger partial charge in [-0.05, 0) is 51.4 Å². The van der Waals surface area contributed by atoms with Crippen molar-refractivity contribution in [2.24, 2.45) is 0 Å². The van der Waals surface area contributed by atoms with E-state index in [0.29, 0.717) is 6.42 Å². The molecule has 3 unspecified atom stereocenters. The maximum absolute atomic E-state index is 12.5. The van der Waals surface area contributed by atoms with Gasteiger partial charge in [-0.3, -0.25) is 4.79 Å². The Morgan fingerprint density at radius 1 is 0.424 bits per heavy atom. The molecule has 59 heavy (non-hydrogen) atoms. The van der Waals surface area contributed by atoms with Gasteiger partial charge in [0, 0.05) is 0 Å². The molecule has 5 heteroatoms. The van der Waals surface area contributed by atoms with Crippen LogP contribution in [0, 0.1) is 0 Å². The van der Waals surface area contributed by atoms with Gasteiger partial charge in [0.15, 0.2) is 0 Å². The molecule has 0 saturated heterocycles. The summed E-state index contributed by atoms with van der Waals surface area (Å²) in [4.78, 5) is 12.5. The molecule has 0 aliphatic carbocycles. The molecule has 0 spiro atoms. The van der Waals surface area contributed by atoms with Gasteiger partial charge in [-0.2, -0.15) is 0 Å². The molecule has 3 atom stereocenters. The van der Waals surface area contributed by atoms with E-state index in [1.54, 1.807) is 6.08 Å². The lowest BCUT2D eigenvalue weighted by molar-refractivity contribution is -0.131. The van der Waals surface area contributed by atoms with Gasteiger partial charge in [0.1, 0.15) is 6.10 Å². The minimum atomic E-state index is -1.10. The summed E-state index contributed by atoms with van der Waals surface area (Å²) in [6.45, 7) is 4.18. The average Bonchev–Trinajstić information content (AvgIpc) is 3.24. The van der Waals surface area contributed by atoms with E-state index in [1.165, 1.54) is 218 Å². The number of hydrogen-bond acceptors (Lipinski definition) is 4. The molecule has 0 heterocycles. The summed E-state index contributed by atoms with van der Waals surface area (Å²) in [5, 5.41) is 33.1. The van der Waals surface area contributed by atoms with Crippen LogP contribution >= 0.6 is 0 Å². The van der Waals surface area contributed by atoms with Crippen LogP contribution in [0.3, 0.4) is 0 Å². The number of aliphatic hydroxyl groups is 3. The summed E-state index contributed by atoms with van der Waals surface area (Å²) in [6, 6.07) is -0.795. The Labute approximate surface area is 368 Å². The van der Waals surface area contributed by atoms with Gasteiger partial charge in [0.25, 0.3) is 0 Å². The van der Waals surface area contributed by atoms with Crippen molar-refractivity contribution in [1.82, 2.24) is 5.32 Å². The number of carbonyl (C=O) groups excluding carboxylic acids is 1. The van der Waals surface area contributed by atoms with Crippen LogP contribution < -0.4 is 5.32 Å². The van der Waals surface area contributed by atoms with Gasteiger partial charge in [-0.1, -0.05) is 262 Å². The maximum Gasteiger partial charge on any atom is 0.249 e. The number of allylic oxidation sites excluding steroid dienone is 5. The highest BCUT2D eigenvalue weighted by Gasteiger charge is 2.22. The fourth-order valence-electron chi connectivity index (χ4n) is 8.10. The molecule has 0 fully saturated rings. The van der Waals surface area contributed by atoms with Crippen LogP contribution in [0.1, 0.15) is 277 Å². The van der Waals surface area contributed by atoms with Crippen molar-refractivity contribution in [3.05, 3.63) is 36.5 Å². The monoisotopic (exact) mass is 830 g/mol. The molecule has 0 aliphatic heterocycles. The maximum atomic E-state index is 12.5. The third-order valence-corrected chi connectivity index (χ3v) is 12.2. The first-order valence-corrected chi connectivity index (χ1v) is 26.3.